The summed E-state index contributed by atoms with van der Waals surface area (Å²) in [5.41, 5.74) is 1.10. The Bertz CT molecular complexity index is 1250. The van der Waals surface area contributed by atoms with Gasteiger partial charge >= 0.3 is 5.97 Å². The van der Waals surface area contributed by atoms with Crippen molar-refractivity contribution in [1.29, 1.82) is 0 Å². The first-order valence-electron chi connectivity index (χ1n) is 10.3. The van der Waals surface area contributed by atoms with Crippen LogP contribution in [0.2, 0.25) is 0 Å². The quantitative estimate of drug-likeness (QED) is 0.245. The van der Waals surface area contributed by atoms with E-state index in [1.807, 2.05) is 30.3 Å². The second-order valence-corrected chi connectivity index (χ2v) is 9.37. The second kappa shape index (κ2) is 10.9. The summed E-state index contributed by atoms with van der Waals surface area (Å²) in [4.78, 5) is 22.6. The number of likely N-dealkylation sites (N-methyl/N-ethyl adjacent to an activating group) is 1. The summed E-state index contributed by atoms with van der Waals surface area (Å²) in [5, 5.41) is 11.3. The molecule has 0 amide bonds. The van der Waals surface area contributed by atoms with Crippen molar-refractivity contribution in [3.8, 4) is 5.75 Å². The number of nitro groups is 1. The van der Waals surface area contributed by atoms with E-state index in [2.05, 4.69) is 0 Å². The zero-order chi connectivity index (χ0) is 24.7. The Morgan fingerprint density at radius 2 is 1.59 bits per heavy atom. The fraction of sp³-hybridized carbons (Fsp3) is 0.208. The molecule has 0 spiro atoms. The van der Waals surface area contributed by atoms with Crippen molar-refractivity contribution < 1.29 is 27.6 Å². The van der Waals surface area contributed by atoms with Crippen LogP contribution in [0.5, 0.6) is 5.75 Å². The molecule has 0 unspecified atom stereocenters. The highest BCUT2D eigenvalue weighted by molar-refractivity contribution is 7.89. The number of ether oxygens (including phenoxy) is 2. The first kappa shape index (κ1) is 24.9. The molecule has 0 radical (unpaired) electrons. The SMILES string of the molecule is COC(=O)[C@H](Cc1ccc(OCc2ccccc2)cc1)N(C)S(=O)(=O)c1ccccc1[N+](=O)[O-]. The summed E-state index contributed by atoms with van der Waals surface area (Å²) in [6, 6.07) is 20.3. The van der Waals surface area contributed by atoms with Gasteiger partial charge in [0, 0.05) is 13.1 Å². The van der Waals surface area contributed by atoms with Crippen LogP contribution < -0.4 is 4.74 Å². The number of nitrogens with zero attached hydrogens (tertiary/aromatic N) is 2. The van der Waals surface area contributed by atoms with Crippen LogP contribution in [0.3, 0.4) is 0 Å². The van der Waals surface area contributed by atoms with Gasteiger partial charge < -0.3 is 9.47 Å². The average Bonchev–Trinajstić information content (AvgIpc) is 2.86. The van der Waals surface area contributed by atoms with Crippen LogP contribution in [-0.2, 0) is 32.6 Å². The molecule has 3 aromatic rings. The number of rotatable bonds is 10. The molecular formula is C24H24N2O7S. The molecule has 0 bridgehead atoms. The van der Waals surface area contributed by atoms with Gasteiger partial charge in [0.15, 0.2) is 4.90 Å². The lowest BCUT2D eigenvalue weighted by molar-refractivity contribution is -0.387. The zero-order valence-electron chi connectivity index (χ0n) is 18.7. The van der Waals surface area contributed by atoms with Gasteiger partial charge in [-0.1, -0.05) is 54.6 Å². The smallest absolute Gasteiger partial charge is 0.324 e. The lowest BCUT2D eigenvalue weighted by atomic mass is 10.1. The molecule has 0 aliphatic rings. The van der Waals surface area contributed by atoms with E-state index < -0.39 is 37.5 Å². The van der Waals surface area contributed by atoms with Crippen molar-refractivity contribution in [2.75, 3.05) is 14.2 Å². The van der Waals surface area contributed by atoms with Gasteiger partial charge in [-0.05, 0) is 35.7 Å². The minimum absolute atomic E-state index is 0.00198. The molecular weight excluding hydrogens is 460 g/mol. The summed E-state index contributed by atoms with van der Waals surface area (Å²) in [7, 11) is -2.02. The molecule has 0 N–H and O–H groups in total. The molecule has 3 rings (SSSR count). The number of esters is 1. The Morgan fingerprint density at radius 1 is 0.971 bits per heavy atom. The summed E-state index contributed by atoms with van der Waals surface area (Å²) in [6.45, 7) is 0.391. The number of nitro benzene ring substituents is 1. The number of sulfonamides is 1. The number of benzene rings is 3. The van der Waals surface area contributed by atoms with Gasteiger partial charge in [0.1, 0.15) is 18.4 Å². The summed E-state index contributed by atoms with van der Waals surface area (Å²) in [5.74, 6) is -0.169. The van der Waals surface area contributed by atoms with E-state index in [1.54, 1.807) is 24.3 Å². The molecule has 34 heavy (non-hydrogen) atoms. The van der Waals surface area contributed by atoms with Crippen LogP contribution in [0.15, 0.2) is 83.8 Å². The highest BCUT2D eigenvalue weighted by Gasteiger charge is 2.37. The summed E-state index contributed by atoms with van der Waals surface area (Å²) in [6.07, 6.45) is 0.00198. The van der Waals surface area contributed by atoms with Gasteiger partial charge in [0.25, 0.3) is 5.69 Å². The van der Waals surface area contributed by atoms with Crippen molar-refractivity contribution >= 4 is 21.7 Å². The minimum Gasteiger partial charge on any atom is -0.489 e. The van der Waals surface area contributed by atoms with Gasteiger partial charge in [-0.3, -0.25) is 14.9 Å². The number of hydrogen-bond acceptors (Lipinski definition) is 7. The molecule has 1 atom stereocenters. The predicted molar refractivity (Wildman–Crippen MR) is 125 cm³/mol. The molecule has 0 fully saturated rings. The van der Waals surface area contributed by atoms with Crippen LogP contribution >= 0.6 is 0 Å². The normalized spacial score (nSPS) is 12.2. The van der Waals surface area contributed by atoms with Gasteiger partial charge in [-0.25, -0.2) is 8.42 Å². The monoisotopic (exact) mass is 484 g/mol. The predicted octanol–water partition coefficient (Wildman–Crippen LogP) is 3.58. The molecule has 0 aliphatic heterocycles. The van der Waals surface area contributed by atoms with Gasteiger partial charge in [0.2, 0.25) is 10.0 Å². The third-order valence-electron chi connectivity index (χ3n) is 5.23. The van der Waals surface area contributed by atoms with E-state index in [-0.39, 0.29) is 6.42 Å². The third-order valence-corrected chi connectivity index (χ3v) is 7.15. The van der Waals surface area contributed by atoms with Gasteiger partial charge in [-0.2, -0.15) is 4.31 Å². The molecule has 0 aromatic heterocycles. The number of carbonyl (C=O) groups excluding carboxylic acids is 1. The number of hydrogen-bond donors (Lipinski definition) is 0. The van der Waals surface area contributed by atoms with Crippen molar-refractivity contribution in [2.24, 2.45) is 0 Å². The molecule has 0 saturated heterocycles. The van der Waals surface area contributed by atoms with Crippen molar-refractivity contribution in [1.82, 2.24) is 4.31 Å². The van der Waals surface area contributed by atoms with Gasteiger partial charge in [-0.15, -0.1) is 0 Å². The van der Waals surface area contributed by atoms with Crippen LogP contribution in [0.25, 0.3) is 0 Å². The maximum absolute atomic E-state index is 13.2. The first-order chi connectivity index (χ1) is 16.2. The van der Waals surface area contributed by atoms with Crippen molar-refractivity contribution in [3.05, 3.63) is 100 Å². The van der Waals surface area contributed by atoms with E-state index in [9.17, 15) is 23.3 Å². The topological polar surface area (TPSA) is 116 Å². The van der Waals surface area contributed by atoms with E-state index in [4.69, 9.17) is 9.47 Å². The molecule has 0 aliphatic carbocycles. The number of methoxy groups -OCH3 is 1. The minimum atomic E-state index is -4.37. The van der Waals surface area contributed by atoms with E-state index in [0.717, 1.165) is 29.1 Å². The Labute approximate surface area is 197 Å². The molecule has 3 aromatic carbocycles. The van der Waals surface area contributed by atoms with Crippen LogP contribution in [-0.4, -0.2) is 43.8 Å². The molecule has 178 valence electrons. The van der Waals surface area contributed by atoms with Crippen molar-refractivity contribution in [3.63, 3.8) is 0 Å². The van der Waals surface area contributed by atoms with E-state index in [1.165, 1.54) is 19.2 Å². The Morgan fingerprint density at radius 3 is 2.21 bits per heavy atom. The fourth-order valence-corrected chi connectivity index (χ4v) is 4.79. The number of para-hydroxylation sites is 1. The fourth-order valence-electron chi connectivity index (χ4n) is 3.33. The Hall–Kier alpha value is -3.76. The van der Waals surface area contributed by atoms with Gasteiger partial charge in [0.05, 0.1) is 12.0 Å². The molecule has 9 nitrogen and oxygen atoms in total. The largest absolute Gasteiger partial charge is 0.489 e. The molecule has 0 heterocycles. The number of carbonyl (C=O) groups is 1. The Balaban J connectivity index is 1.80. The third kappa shape index (κ3) is 5.77. The van der Waals surface area contributed by atoms with E-state index in [0.29, 0.717) is 17.9 Å². The van der Waals surface area contributed by atoms with Crippen LogP contribution in [0, 0.1) is 10.1 Å². The lowest BCUT2D eigenvalue weighted by Crippen LogP contribution is -2.44. The standard InChI is InChI=1S/C24H24N2O7S/c1-25(34(30,31)23-11-7-6-10-21(23)26(28)29)22(24(27)32-2)16-18-12-14-20(15-13-18)33-17-19-8-4-3-5-9-19/h3-15,22H,16-17H2,1-2H3/t22-/m0/s1. The van der Waals surface area contributed by atoms with Crippen LogP contribution in [0.1, 0.15) is 11.1 Å². The second-order valence-electron chi connectivity index (χ2n) is 7.41. The van der Waals surface area contributed by atoms with E-state index >= 15 is 0 Å². The van der Waals surface area contributed by atoms with Crippen LogP contribution in [0.4, 0.5) is 5.69 Å². The summed E-state index contributed by atoms with van der Waals surface area (Å²) >= 11 is 0. The molecule has 10 heteroatoms. The highest BCUT2D eigenvalue weighted by atomic mass is 32.2. The lowest BCUT2D eigenvalue weighted by Gasteiger charge is -2.25. The maximum Gasteiger partial charge on any atom is 0.324 e. The summed E-state index contributed by atoms with van der Waals surface area (Å²) < 4.78 is 37.7. The van der Waals surface area contributed by atoms with Crippen molar-refractivity contribution in [2.45, 2.75) is 24.0 Å². The average molecular weight is 485 g/mol. The highest BCUT2D eigenvalue weighted by Crippen LogP contribution is 2.28. The maximum atomic E-state index is 13.2. The zero-order valence-corrected chi connectivity index (χ0v) is 19.5. The first-order valence-corrected chi connectivity index (χ1v) is 11.7. The Kier molecular flexibility index (Phi) is 7.98. The molecule has 0 saturated carbocycles.